The average Bonchev–Trinajstić information content (AvgIpc) is 3.57. The van der Waals surface area contributed by atoms with Crippen molar-refractivity contribution in [2.45, 2.75) is 51.7 Å². The van der Waals surface area contributed by atoms with E-state index in [4.69, 9.17) is 9.15 Å². The molecule has 11 heteroatoms. The highest BCUT2D eigenvalue weighted by molar-refractivity contribution is 6.04. The van der Waals surface area contributed by atoms with Crippen molar-refractivity contribution in [3.05, 3.63) is 74.9 Å². The van der Waals surface area contributed by atoms with Gasteiger partial charge in [0, 0.05) is 11.4 Å². The third kappa shape index (κ3) is 5.20. The van der Waals surface area contributed by atoms with E-state index in [1.807, 2.05) is 0 Å². The van der Waals surface area contributed by atoms with Gasteiger partial charge in [0.2, 0.25) is 17.4 Å². The summed E-state index contributed by atoms with van der Waals surface area (Å²) < 4.78 is 12.8. The van der Waals surface area contributed by atoms with E-state index in [1.165, 1.54) is 6.07 Å². The molecule has 39 heavy (non-hydrogen) atoms. The van der Waals surface area contributed by atoms with Crippen LogP contribution in [0.4, 0.5) is 5.69 Å². The molecule has 2 aromatic carbocycles. The summed E-state index contributed by atoms with van der Waals surface area (Å²) in [5, 5.41) is 6.01. The van der Waals surface area contributed by atoms with Crippen LogP contribution in [0.15, 0.2) is 62.5 Å². The number of hydrogen-bond donors (Lipinski definition) is 2. The summed E-state index contributed by atoms with van der Waals surface area (Å²) >= 11 is 0. The first-order valence-electron chi connectivity index (χ1n) is 12.9. The van der Waals surface area contributed by atoms with Crippen LogP contribution in [0.2, 0.25) is 0 Å². The van der Waals surface area contributed by atoms with E-state index in [1.54, 1.807) is 49.4 Å². The van der Waals surface area contributed by atoms with Gasteiger partial charge in [-0.3, -0.25) is 19.0 Å². The molecule has 0 aliphatic heterocycles. The van der Waals surface area contributed by atoms with Crippen molar-refractivity contribution in [2.75, 3.05) is 11.9 Å². The number of para-hydroxylation sites is 2. The quantitative estimate of drug-likeness (QED) is 0.332. The number of furan rings is 1. The lowest BCUT2D eigenvalue weighted by atomic mass is 10.2. The molecule has 0 atom stereocenters. The number of carbonyl (C=O) groups is 3. The number of anilines is 1. The number of nitrogens with zero attached hydrogens (tertiary/aromatic N) is 2. The van der Waals surface area contributed by atoms with Crippen molar-refractivity contribution in [3.63, 3.8) is 0 Å². The number of aromatic nitrogens is 2. The second kappa shape index (κ2) is 11.0. The number of fused-ring (bicyclic) bond motifs is 3. The molecule has 5 rings (SSSR count). The Bertz CT molecular complexity index is 1690. The number of carbonyl (C=O) groups excluding carboxylic acids is 3. The molecule has 1 aliphatic rings. The Balaban J connectivity index is 1.53. The summed E-state index contributed by atoms with van der Waals surface area (Å²) in [6.45, 7) is 0.835. The van der Waals surface area contributed by atoms with Gasteiger partial charge in [0.05, 0.1) is 17.9 Å². The van der Waals surface area contributed by atoms with Crippen molar-refractivity contribution < 1.29 is 23.5 Å². The van der Waals surface area contributed by atoms with Crippen LogP contribution in [0, 0.1) is 0 Å². The van der Waals surface area contributed by atoms with Crippen LogP contribution in [0.1, 0.15) is 43.0 Å². The molecule has 0 radical (unpaired) electrons. The van der Waals surface area contributed by atoms with Crippen molar-refractivity contribution in [1.82, 2.24) is 14.5 Å². The normalized spacial score (nSPS) is 13.6. The van der Waals surface area contributed by atoms with Crippen molar-refractivity contribution in [1.29, 1.82) is 0 Å². The molecule has 2 heterocycles. The summed E-state index contributed by atoms with van der Waals surface area (Å²) in [4.78, 5) is 65.2. The van der Waals surface area contributed by atoms with Crippen LogP contribution in [0.3, 0.4) is 0 Å². The first-order valence-corrected chi connectivity index (χ1v) is 12.9. The number of nitrogens with one attached hydrogen (secondary N) is 2. The zero-order valence-corrected chi connectivity index (χ0v) is 21.4. The van der Waals surface area contributed by atoms with Crippen molar-refractivity contribution >= 4 is 45.5 Å². The van der Waals surface area contributed by atoms with Gasteiger partial charge in [0.1, 0.15) is 24.2 Å². The first kappa shape index (κ1) is 26.0. The second-order valence-electron chi connectivity index (χ2n) is 9.40. The highest BCUT2D eigenvalue weighted by Crippen LogP contribution is 2.26. The SMILES string of the molecule is CCOC(=O)c1ccccc1NC(=O)Cn1c(=O)n(CC(=O)NC2CCCC2)c(=O)c2oc3ccccc3c21. The van der Waals surface area contributed by atoms with Crippen LogP contribution in [-0.2, 0) is 27.4 Å². The van der Waals surface area contributed by atoms with E-state index in [-0.39, 0.29) is 35.0 Å². The molecule has 0 saturated heterocycles. The van der Waals surface area contributed by atoms with E-state index in [0.717, 1.165) is 34.8 Å². The minimum absolute atomic E-state index is 0.00982. The summed E-state index contributed by atoms with van der Waals surface area (Å²) in [5.41, 5.74) is -0.823. The topological polar surface area (TPSA) is 142 Å². The Hall–Kier alpha value is -4.67. The van der Waals surface area contributed by atoms with Gasteiger partial charge in [-0.15, -0.1) is 0 Å². The maximum atomic E-state index is 13.6. The van der Waals surface area contributed by atoms with E-state index in [0.29, 0.717) is 11.0 Å². The molecular formula is C28H28N4O7. The van der Waals surface area contributed by atoms with Gasteiger partial charge >= 0.3 is 11.7 Å². The molecule has 2 N–H and O–H groups in total. The van der Waals surface area contributed by atoms with Gasteiger partial charge in [0.25, 0.3) is 5.56 Å². The predicted octanol–water partition coefficient (Wildman–Crippen LogP) is 2.78. The smallest absolute Gasteiger partial charge is 0.340 e. The fourth-order valence-corrected chi connectivity index (χ4v) is 4.98. The molecule has 0 unspecified atom stereocenters. The van der Waals surface area contributed by atoms with E-state index < -0.39 is 42.1 Å². The zero-order valence-electron chi connectivity index (χ0n) is 21.4. The lowest BCUT2D eigenvalue weighted by Crippen LogP contribution is -2.46. The highest BCUT2D eigenvalue weighted by atomic mass is 16.5. The zero-order chi connectivity index (χ0) is 27.5. The third-order valence-corrected chi connectivity index (χ3v) is 6.76. The van der Waals surface area contributed by atoms with Gasteiger partial charge in [-0.2, -0.15) is 0 Å². The summed E-state index contributed by atoms with van der Waals surface area (Å²) in [5.74, 6) is -1.69. The van der Waals surface area contributed by atoms with Gasteiger partial charge in [0.15, 0.2) is 0 Å². The second-order valence-corrected chi connectivity index (χ2v) is 9.40. The Kier molecular flexibility index (Phi) is 7.31. The van der Waals surface area contributed by atoms with Gasteiger partial charge in [-0.1, -0.05) is 37.1 Å². The average molecular weight is 533 g/mol. The Morgan fingerprint density at radius 3 is 2.41 bits per heavy atom. The third-order valence-electron chi connectivity index (χ3n) is 6.76. The number of benzene rings is 2. The molecule has 2 amide bonds. The van der Waals surface area contributed by atoms with Crippen LogP contribution < -0.4 is 21.9 Å². The van der Waals surface area contributed by atoms with E-state index in [9.17, 15) is 24.0 Å². The number of amides is 2. The first-order chi connectivity index (χ1) is 18.9. The molecule has 1 aliphatic carbocycles. The van der Waals surface area contributed by atoms with Crippen LogP contribution in [-0.4, -0.2) is 39.6 Å². The number of hydrogen-bond acceptors (Lipinski definition) is 7. The highest BCUT2D eigenvalue weighted by Gasteiger charge is 2.24. The fourth-order valence-electron chi connectivity index (χ4n) is 4.98. The Labute approximate surface area is 222 Å². The molecule has 4 aromatic rings. The van der Waals surface area contributed by atoms with E-state index in [2.05, 4.69) is 10.6 Å². The van der Waals surface area contributed by atoms with Crippen LogP contribution >= 0.6 is 0 Å². The molecule has 0 spiro atoms. The molecule has 11 nitrogen and oxygen atoms in total. The molecule has 0 bridgehead atoms. The predicted molar refractivity (Wildman–Crippen MR) is 144 cm³/mol. The largest absolute Gasteiger partial charge is 0.462 e. The van der Waals surface area contributed by atoms with Crippen molar-refractivity contribution in [2.24, 2.45) is 0 Å². The molecule has 1 saturated carbocycles. The summed E-state index contributed by atoms with van der Waals surface area (Å²) in [7, 11) is 0. The lowest BCUT2D eigenvalue weighted by Gasteiger charge is -2.15. The number of esters is 1. The Morgan fingerprint density at radius 2 is 1.64 bits per heavy atom. The van der Waals surface area contributed by atoms with Crippen molar-refractivity contribution in [3.8, 4) is 0 Å². The minimum Gasteiger partial charge on any atom is -0.462 e. The standard InChI is InChI=1S/C28H28N4O7/c1-2-38-27(36)18-11-5-7-13-20(18)30-23(34)15-31-24-19-12-6-8-14-21(19)39-25(24)26(35)32(28(31)37)16-22(33)29-17-9-3-4-10-17/h5-8,11-14,17H,2-4,9-10,15-16H2,1H3,(H,29,33)(H,30,34). The molecular weight excluding hydrogens is 504 g/mol. The van der Waals surface area contributed by atoms with E-state index >= 15 is 0 Å². The molecule has 202 valence electrons. The number of rotatable bonds is 8. The van der Waals surface area contributed by atoms with Crippen LogP contribution in [0.5, 0.6) is 0 Å². The Morgan fingerprint density at radius 1 is 0.949 bits per heavy atom. The summed E-state index contributed by atoms with van der Waals surface area (Å²) in [6.07, 6.45) is 3.72. The molecule has 1 fully saturated rings. The van der Waals surface area contributed by atoms with Crippen LogP contribution in [0.25, 0.3) is 22.1 Å². The number of ether oxygens (including phenoxy) is 1. The molecule has 2 aromatic heterocycles. The van der Waals surface area contributed by atoms with Gasteiger partial charge < -0.3 is 19.8 Å². The fraction of sp³-hybridized carbons (Fsp3) is 0.321. The lowest BCUT2D eigenvalue weighted by molar-refractivity contribution is -0.122. The minimum atomic E-state index is -0.825. The summed E-state index contributed by atoms with van der Waals surface area (Å²) in [6, 6.07) is 13.1. The van der Waals surface area contributed by atoms with Gasteiger partial charge in [-0.25, -0.2) is 14.2 Å². The maximum absolute atomic E-state index is 13.6. The van der Waals surface area contributed by atoms with Gasteiger partial charge in [-0.05, 0) is 44.0 Å². The maximum Gasteiger partial charge on any atom is 0.340 e. The monoisotopic (exact) mass is 532 g/mol.